The zero-order valence-corrected chi connectivity index (χ0v) is 16.7. The van der Waals surface area contributed by atoms with E-state index in [1.54, 1.807) is 13.2 Å². The lowest BCUT2D eigenvalue weighted by Gasteiger charge is -2.33. The number of amides is 2. The molecule has 0 saturated carbocycles. The average molecular weight is 409 g/mol. The fourth-order valence-corrected chi connectivity index (χ4v) is 3.59. The molecule has 2 amide bonds. The third kappa shape index (κ3) is 4.22. The van der Waals surface area contributed by atoms with Gasteiger partial charge in [-0.05, 0) is 24.3 Å². The second-order valence-electron chi connectivity index (χ2n) is 7.21. The van der Waals surface area contributed by atoms with Gasteiger partial charge in [-0.1, -0.05) is 0 Å². The van der Waals surface area contributed by atoms with Crippen molar-refractivity contribution in [1.82, 2.24) is 9.88 Å². The van der Waals surface area contributed by atoms with Crippen molar-refractivity contribution in [2.75, 3.05) is 26.8 Å². The van der Waals surface area contributed by atoms with Gasteiger partial charge in [0.15, 0.2) is 0 Å². The molecule has 2 aromatic rings. The number of carbonyl (C=O) groups is 2. The molecule has 1 saturated heterocycles. The number of hydrogen-bond acceptors (Lipinski definition) is 6. The van der Waals surface area contributed by atoms with Crippen molar-refractivity contribution in [1.29, 1.82) is 0 Å². The zero-order valence-electron chi connectivity index (χ0n) is 16.7. The van der Waals surface area contributed by atoms with Crippen LogP contribution in [0.1, 0.15) is 28.9 Å². The van der Waals surface area contributed by atoms with E-state index in [0.29, 0.717) is 43.0 Å². The topological polar surface area (TPSA) is 104 Å². The van der Waals surface area contributed by atoms with Crippen LogP contribution >= 0.6 is 0 Å². The van der Waals surface area contributed by atoms with Crippen LogP contribution in [0.25, 0.3) is 6.08 Å². The fraction of sp³-hybridized carbons (Fsp3) is 0.318. The SMILES string of the molecule is COc1ccc2c(c1)OCC(C(=O)N1CCC(Oc3ccnc(C(N)=O)c3)CC1)=C2. The minimum Gasteiger partial charge on any atom is -0.497 e. The molecule has 0 spiro atoms. The van der Waals surface area contributed by atoms with Crippen molar-refractivity contribution < 1.29 is 23.8 Å². The number of pyridine rings is 1. The fourth-order valence-electron chi connectivity index (χ4n) is 3.59. The Labute approximate surface area is 174 Å². The number of benzene rings is 1. The molecule has 8 heteroatoms. The summed E-state index contributed by atoms with van der Waals surface area (Å²) in [7, 11) is 1.61. The number of hydrogen-bond donors (Lipinski definition) is 1. The quantitative estimate of drug-likeness (QED) is 0.810. The van der Waals surface area contributed by atoms with E-state index in [1.807, 2.05) is 29.2 Å². The molecule has 0 aliphatic carbocycles. The van der Waals surface area contributed by atoms with E-state index in [0.717, 1.165) is 11.3 Å². The summed E-state index contributed by atoms with van der Waals surface area (Å²) in [6.07, 6.45) is 4.73. The van der Waals surface area contributed by atoms with E-state index in [9.17, 15) is 9.59 Å². The van der Waals surface area contributed by atoms with Gasteiger partial charge in [0.05, 0.1) is 12.7 Å². The predicted octanol–water partition coefficient (Wildman–Crippen LogP) is 2.03. The maximum Gasteiger partial charge on any atom is 0.267 e. The summed E-state index contributed by atoms with van der Waals surface area (Å²) in [4.78, 5) is 29.9. The molecule has 2 aliphatic rings. The van der Waals surface area contributed by atoms with Crippen LogP contribution in [-0.2, 0) is 4.79 Å². The summed E-state index contributed by atoms with van der Waals surface area (Å²) in [6, 6.07) is 8.78. The van der Waals surface area contributed by atoms with Gasteiger partial charge >= 0.3 is 0 Å². The van der Waals surface area contributed by atoms with Gasteiger partial charge in [0, 0.05) is 49.8 Å². The van der Waals surface area contributed by atoms with Crippen LogP contribution in [0.5, 0.6) is 17.2 Å². The van der Waals surface area contributed by atoms with Crippen LogP contribution in [0.15, 0.2) is 42.1 Å². The number of methoxy groups -OCH3 is 1. The molecular weight excluding hydrogens is 386 g/mol. The van der Waals surface area contributed by atoms with Gasteiger partial charge < -0.3 is 24.8 Å². The van der Waals surface area contributed by atoms with E-state index in [2.05, 4.69) is 4.98 Å². The van der Waals surface area contributed by atoms with Crippen molar-refractivity contribution in [2.45, 2.75) is 18.9 Å². The van der Waals surface area contributed by atoms with Gasteiger partial charge in [-0.3, -0.25) is 14.6 Å². The molecule has 8 nitrogen and oxygen atoms in total. The first-order chi connectivity index (χ1) is 14.5. The van der Waals surface area contributed by atoms with Gasteiger partial charge in [0.2, 0.25) is 0 Å². The van der Waals surface area contributed by atoms with Gasteiger partial charge in [0.25, 0.3) is 11.8 Å². The van der Waals surface area contributed by atoms with E-state index in [4.69, 9.17) is 19.9 Å². The van der Waals surface area contributed by atoms with Crippen LogP contribution in [0.3, 0.4) is 0 Å². The van der Waals surface area contributed by atoms with Crippen molar-refractivity contribution in [3.8, 4) is 17.2 Å². The lowest BCUT2D eigenvalue weighted by Crippen LogP contribution is -2.43. The Hall–Kier alpha value is -3.55. The Kier molecular flexibility index (Phi) is 5.56. The molecule has 0 atom stereocenters. The van der Waals surface area contributed by atoms with E-state index in [1.165, 1.54) is 12.3 Å². The zero-order chi connectivity index (χ0) is 21.1. The highest BCUT2D eigenvalue weighted by atomic mass is 16.5. The van der Waals surface area contributed by atoms with Crippen LogP contribution < -0.4 is 19.9 Å². The molecule has 156 valence electrons. The molecule has 1 aromatic carbocycles. The number of aromatic nitrogens is 1. The van der Waals surface area contributed by atoms with Gasteiger partial charge in [-0.25, -0.2) is 0 Å². The molecule has 4 rings (SSSR count). The van der Waals surface area contributed by atoms with Gasteiger partial charge in [0.1, 0.15) is 35.7 Å². The largest absolute Gasteiger partial charge is 0.497 e. The number of nitrogens with zero attached hydrogens (tertiary/aromatic N) is 2. The second-order valence-corrected chi connectivity index (χ2v) is 7.21. The molecule has 0 bridgehead atoms. The Morgan fingerprint density at radius 1 is 1.17 bits per heavy atom. The summed E-state index contributed by atoms with van der Waals surface area (Å²) in [6.45, 7) is 1.41. The molecule has 1 aromatic heterocycles. The average Bonchev–Trinajstić information content (AvgIpc) is 2.78. The highest BCUT2D eigenvalue weighted by Crippen LogP contribution is 2.31. The molecule has 2 N–H and O–H groups in total. The highest BCUT2D eigenvalue weighted by molar-refractivity contribution is 5.99. The minimum absolute atomic E-state index is 0.0187. The number of likely N-dealkylation sites (tertiary alicyclic amines) is 1. The Morgan fingerprint density at radius 2 is 1.97 bits per heavy atom. The number of carbonyl (C=O) groups excluding carboxylic acids is 2. The maximum atomic E-state index is 12.9. The number of nitrogens with two attached hydrogens (primary N) is 1. The number of primary amides is 1. The lowest BCUT2D eigenvalue weighted by atomic mass is 10.0. The molecule has 0 radical (unpaired) electrons. The molecule has 30 heavy (non-hydrogen) atoms. The monoisotopic (exact) mass is 409 g/mol. The van der Waals surface area contributed by atoms with Crippen molar-refractivity contribution in [2.24, 2.45) is 5.73 Å². The first-order valence-corrected chi connectivity index (χ1v) is 9.76. The van der Waals surface area contributed by atoms with Crippen LogP contribution in [0.4, 0.5) is 0 Å². The van der Waals surface area contributed by atoms with Crippen molar-refractivity contribution in [3.05, 3.63) is 53.4 Å². The molecule has 3 heterocycles. The van der Waals surface area contributed by atoms with Crippen molar-refractivity contribution in [3.63, 3.8) is 0 Å². The number of ether oxygens (including phenoxy) is 3. The molecular formula is C22H23N3O5. The number of rotatable bonds is 5. The summed E-state index contributed by atoms with van der Waals surface area (Å²) < 4.78 is 16.9. The molecule has 2 aliphatic heterocycles. The number of fused-ring (bicyclic) bond motifs is 1. The number of piperidine rings is 1. The van der Waals surface area contributed by atoms with E-state index < -0.39 is 5.91 Å². The maximum absolute atomic E-state index is 12.9. The molecule has 0 unspecified atom stereocenters. The third-order valence-corrected chi connectivity index (χ3v) is 5.22. The van der Waals surface area contributed by atoms with Crippen LogP contribution in [0.2, 0.25) is 0 Å². The van der Waals surface area contributed by atoms with Gasteiger partial charge in [-0.15, -0.1) is 0 Å². The lowest BCUT2D eigenvalue weighted by molar-refractivity contribution is -0.129. The Bertz CT molecular complexity index is 996. The van der Waals surface area contributed by atoms with Crippen LogP contribution in [-0.4, -0.2) is 54.6 Å². The summed E-state index contributed by atoms with van der Waals surface area (Å²) in [5.41, 5.74) is 6.93. The Morgan fingerprint density at radius 3 is 2.70 bits per heavy atom. The summed E-state index contributed by atoms with van der Waals surface area (Å²) in [5, 5.41) is 0. The van der Waals surface area contributed by atoms with E-state index in [-0.39, 0.29) is 24.3 Å². The Balaban J connectivity index is 1.36. The summed E-state index contributed by atoms with van der Waals surface area (Å²) >= 11 is 0. The minimum atomic E-state index is -0.594. The second kappa shape index (κ2) is 8.44. The normalized spacial score (nSPS) is 16.2. The summed E-state index contributed by atoms with van der Waals surface area (Å²) in [5.74, 6) is 1.37. The van der Waals surface area contributed by atoms with E-state index >= 15 is 0 Å². The van der Waals surface area contributed by atoms with Crippen LogP contribution in [0, 0.1) is 0 Å². The first kappa shape index (κ1) is 19.8. The first-order valence-electron chi connectivity index (χ1n) is 9.76. The predicted molar refractivity (Wildman–Crippen MR) is 109 cm³/mol. The third-order valence-electron chi connectivity index (χ3n) is 5.22. The van der Waals surface area contributed by atoms with Crippen molar-refractivity contribution >= 4 is 17.9 Å². The highest BCUT2D eigenvalue weighted by Gasteiger charge is 2.27. The smallest absolute Gasteiger partial charge is 0.267 e. The standard InChI is InChI=1S/C22H23N3O5/c1-28-17-3-2-14-10-15(13-29-20(14)12-17)22(27)25-8-5-16(6-9-25)30-18-4-7-24-19(11-18)21(23)26/h2-4,7,10-12,16H,5-6,8-9,13H2,1H3,(H2,23,26). The molecule has 1 fully saturated rings. The van der Waals surface area contributed by atoms with Gasteiger partial charge in [-0.2, -0.15) is 0 Å².